The van der Waals surface area contributed by atoms with Crippen LogP contribution in [0.25, 0.3) is 11.0 Å². The van der Waals surface area contributed by atoms with E-state index in [0.717, 1.165) is 11.1 Å². The minimum Gasteiger partial charge on any atom is -0.497 e. The molecule has 0 saturated heterocycles. The summed E-state index contributed by atoms with van der Waals surface area (Å²) >= 11 is 0. The third kappa shape index (κ3) is 4.82. The summed E-state index contributed by atoms with van der Waals surface area (Å²) < 4.78 is 13.6. The first-order valence-corrected chi connectivity index (χ1v) is 11.3. The Balaban J connectivity index is 1.53. The summed E-state index contributed by atoms with van der Waals surface area (Å²) in [5.74, 6) is 1.09. The molecule has 1 amide bonds. The van der Waals surface area contributed by atoms with Crippen molar-refractivity contribution < 1.29 is 14.3 Å². The highest BCUT2D eigenvalue weighted by molar-refractivity contribution is 5.94. The van der Waals surface area contributed by atoms with Crippen molar-refractivity contribution in [2.24, 2.45) is 0 Å². The summed E-state index contributed by atoms with van der Waals surface area (Å²) in [5, 5.41) is 2.89. The standard InChI is InChI=1S/C27H27N3O5/c1-4-29-22-7-5-6-8-23(22)30(27(33)26(29)32)17-18-9-11-19(12-10-18)25(31)28-16-20-15-21(34-2)13-14-24(20)35-3/h5-15H,4,16-17H2,1-3H3,(H,28,31). The Hall–Kier alpha value is -4.33. The van der Waals surface area contributed by atoms with Gasteiger partial charge in [0.15, 0.2) is 0 Å². The molecule has 0 saturated carbocycles. The van der Waals surface area contributed by atoms with Gasteiger partial charge >= 0.3 is 11.1 Å². The zero-order valence-electron chi connectivity index (χ0n) is 19.9. The average Bonchev–Trinajstić information content (AvgIpc) is 2.90. The summed E-state index contributed by atoms with van der Waals surface area (Å²) in [7, 11) is 3.15. The maximum absolute atomic E-state index is 12.8. The predicted octanol–water partition coefficient (Wildman–Crippen LogP) is 3.18. The molecule has 3 aromatic carbocycles. The molecule has 1 aromatic heterocycles. The van der Waals surface area contributed by atoms with Crippen LogP contribution in [0.2, 0.25) is 0 Å². The van der Waals surface area contributed by atoms with Gasteiger partial charge in [0.05, 0.1) is 31.8 Å². The zero-order valence-corrected chi connectivity index (χ0v) is 19.9. The van der Waals surface area contributed by atoms with Gasteiger partial charge in [-0.25, -0.2) is 0 Å². The Morgan fingerprint density at radius 3 is 2.14 bits per heavy atom. The molecule has 0 aliphatic carbocycles. The highest BCUT2D eigenvalue weighted by atomic mass is 16.5. The van der Waals surface area contributed by atoms with E-state index in [2.05, 4.69) is 5.32 Å². The van der Waals surface area contributed by atoms with E-state index in [0.29, 0.717) is 34.6 Å². The topological polar surface area (TPSA) is 91.6 Å². The Bertz CT molecular complexity index is 1490. The van der Waals surface area contributed by atoms with Gasteiger partial charge in [-0.05, 0) is 55.0 Å². The Morgan fingerprint density at radius 2 is 1.51 bits per heavy atom. The van der Waals surface area contributed by atoms with Gasteiger partial charge in [-0.2, -0.15) is 0 Å². The number of aryl methyl sites for hydroxylation is 1. The van der Waals surface area contributed by atoms with E-state index in [-0.39, 0.29) is 19.0 Å². The number of hydrogen-bond donors (Lipinski definition) is 1. The van der Waals surface area contributed by atoms with Crippen molar-refractivity contribution in [2.45, 2.75) is 26.6 Å². The molecule has 0 fully saturated rings. The van der Waals surface area contributed by atoms with Gasteiger partial charge in [-0.1, -0.05) is 24.3 Å². The number of methoxy groups -OCH3 is 2. The van der Waals surface area contributed by atoms with Crippen molar-refractivity contribution in [3.8, 4) is 11.5 Å². The van der Waals surface area contributed by atoms with E-state index in [1.165, 1.54) is 9.13 Å². The number of para-hydroxylation sites is 2. The van der Waals surface area contributed by atoms with Crippen molar-refractivity contribution in [2.75, 3.05) is 14.2 Å². The van der Waals surface area contributed by atoms with Crippen LogP contribution in [0.3, 0.4) is 0 Å². The third-order valence-corrected chi connectivity index (χ3v) is 5.94. The summed E-state index contributed by atoms with van der Waals surface area (Å²) in [6, 6.07) is 19.7. The fourth-order valence-corrected chi connectivity index (χ4v) is 4.08. The molecular formula is C27H27N3O5. The number of nitrogens with one attached hydrogen (secondary N) is 1. The van der Waals surface area contributed by atoms with Crippen molar-refractivity contribution in [3.05, 3.63) is 104 Å². The average molecular weight is 474 g/mol. The summed E-state index contributed by atoms with van der Waals surface area (Å²) in [4.78, 5) is 38.1. The number of hydrogen-bond acceptors (Lipinski definition) is 5. The minimum atomic E-state index is -0.570. The Labute approximate surface area is 202 Å². The van der Waals surface area contributed by atoms with Crippen molar-refractivity contribution in [1.29, 1.82) is 0 Å². The van der Waals surface area contributed by atoms with Gasteiger partial charge < -0.3 is 19.4 Å². The monoisotopic (exact) mass is 473 g/mol. The lowest BCUT2D eigenvalue weighted by Crippen LogP contribution is -2.41. The van der Waals surface area contributed by atoms with E-state index in [9.17, 15) is 14.4 Å². The number of amides is 1. The lowest BCUT2D eigenvalue weighted by atomic mass is 10.1. The van der Waals surface area contributed by atoms with Crippen LogP contribution in [0.15, 0.2) is 76.3 Å². The van der Waals surface area contributed by atoms with Gasteiger partial charge in [0.2, 0.25) is 0 Å². The minimum absolute atomic E-state index is 0.224. The molecule has 180 valence electrons. The molecule has 0 aliphatic rings. The van der Waals surface area contributed by atoms with Crippen LogP contribution >= 0.6 is 0 Å². The number of carbonyl (C=O) groups is 1. The van der Waals surface area contributed by atoms with Crippen LogP contribution in [0, 0.1) is 0 Å². The molecule has 8 nitrogen and oxygen atoms in total. The molecule has 1 N–H and O–H groups in total. The maximum atomic E-state index is 12.8. The summed E-state index contributed by atoms with van der Waals surface area (Å²) in [5.41, 5.74) is 2.36. The number of rotatable bonds is 8. The number of nitrogens with zero attached hydrogens (tertiary/aromatic N) is 2. The third-order valence-electron chi connectivity index (χ3n) is 5.94. The highest BCUT2D eigenvalue weighted by Crippen LogP contribution is 2.24. The van der Waals surface area contributed by atoms with Crippen LogP contribution in [0.1, 0.15) is 28.4 Å². The Morgan fingerprint density at radius 1 is 0.857 bits per heavy atom. The molecule has 4 aromatic rings. The first-order chi connectivity index (χ1) is 17.0. The number of ether oxygens (including phenoxy) is 2. The molecular weight excluding hydrogens is 446 g/mol. The highest BCUT2D eigenvalue weighted by Gasteiger charge is 2.13. The first kappa shape index (κ1) is 23.8. The largest absolute Gasteiger partial charge is 0.497 e. The van der Waals surface area contributed by atoms with E-state index in [1.54, 1.807) is 50.6 Å². The van der Waals surface area contributed by atoms with Gasteiger partial charge in [0, 0.05) is 24.2 Å². The number of carbonyl (C=O) groups excluding carboxylic acids is 1. The number of aromatic nitrogens is 2. The molecule has 0 spiro atoms. The van der Waals surface area contributed by atoms with E-state index in [1.807, 2.05) is 37.3 Å². The van der Waals surface area contributed by atoms with Crippen molar-refractivity contribution in [3.63, 3.8) is 0 Å². The second-order valence-corrected chi connectivity index (χ2v) is 7.99. The van der Waals surface area contributed by atoms with Gasteiger partial charge in [-0.15, -0.1) is 0 Å². The maximum Gasteiger partial charge on any atom is 0.317 e. The fraction of sp³-hybridized carbons (Fsp3) is 0.222. The second kappa shape index (κ2) is 10.3. The molecule has 4 rings (SSSR count). The molecule has 8 heteroatoms. The van der Waals surface area contributed by atoms with Crippen LogP contribution in [-0.4, -0.2) is 29.3 Å². The fourth-order valence-electron chi connectivity index (χ4n) is 4.08. The van der Waals surface area contributed by atoms with Crippen LogP contribution in [0.5, 0.6) is 11.5 Å². The SMILES string of the molecule is CCn1c(=O)c(=O)n(Cc2ccc(C(=O)NCc3cc(OC)ccc3OC)cc2)c2ccccc21. The number of benzene rings is 3. The molecule has 1 heterocycles. The lowest BCUT2D eigenvalue weighted by Gasteiger charge is -2.14. The van der Waals surface area contributed by atoms with Crippen LogP contribution in [-0.2, 0) is 19.6 Å². The van der Waals surface area contributed by atoms with Gasteiger partial charge in [0.25, 0.3) is 5.91 Å². The molecule has 0 aliphatic heterocycles. The van der Waals surface area contributed by atoms with Crippen LogP contribution < -0.4 is 25.9 Å². The predicted molar refractivity (Wildman–Crippen MR) is 134 cm³/mol. The first-order valence-electron chi connectivity index (χ1n) is 11.3. The van der Waals surface area contributed by atoms with Crippen molar-refractivity contribution >= 4 is 16.9 Å². The number of fused-ring (bicyclic) bond motifs is 1. The van der Waals surface area contributed by atoms with Crippen molar-refractivity contribution in [1.82, 2.24) is 14.5 Å². The summed E-state index contributed by atoms with van der Waals surface area (Å²) in [6.07, 6.45) is 0. The Kier molecular flexibility index (Phi) is 7.01. The quantitative estimate of drug-likeness (QED) is 0.397. The molecule has 0 atom stereocenters. The summed E-state index contributed by atoms with van der Waals surface area (Å²) in [6.45, 7) is 2.75. The molecule has 35 heavy (non-hydrogen) atoms. The van der Waals surface area contributed by atoms with Gasteiger partial charge in [0.1, 0.15) is 11.5 Å². The molecule has 0 unspecified atom stereocenters. The molecule has 0 bridgehead atoms. The zero-order chi connectivity index (χ0) is 24.9. The smallest absolute Gasteiger partial charge is 0.317 e. The van der Waals surface area contributed by atoms with E-state index < -0.39 is 11.1 Å². The van der Waals surface area contributed by atoms with E-state index >= 15 is 0 Å². The normalized spacial score (nSPS) is 10.8. The lowest BCUT2D eigenvalue weighted by molar-refractivity contribution is 0.0950. The van der Waals surface area contributed by atoms with Crippen LogP contribution in [0.4, 0.5) is 0 Å². The van der Waals surface area contributed by atoms with E-state index in [4.69, 9.17) is 9.47 Å². The molecule has 0 radical (unpaired) electrons. The second-order valence-electron chi connectivity index (χ2n) is 7.99. The van der Waals surface area contributed by atoms with Gasteiger partial charge in [-0.3, -0.25) is 19.0 Å².